The molecule has 1 aromatic carbocycles. The third-order valence-corrected chi connectivity index (χ3v) is 1.68. The molecule has 0 saturated carbocycles. The molecular weight excluding hydrogens is 195 g/mol. The zero-order chi connectivity index (χ0) is 10.2. The predicted octanol–water partition coefficient (Wildman–Crippen LogP) is 1.84. The minimum atomic E-state index is -4.37. The highest BCUT2D eigenvalue weighted by Crippen LogP contribution is 2.30. The van der Waals surface area contributed by atoms with Crippen molar-refractivity contribution in [2.45, 2.75) is 6.18 Å². The van der Waals surface area contributed by atoms with Gasteiger partial charge in [0.2, 0.25) is 6.33 Å². The first kappa shape index (κ1) is 8.86. The maximum atomic E-state index is 12.2. The number of alkyl halides is 3. The van der Waals surface area contributed by atoms with Crippen LogP contribution in [-0.4, -0.2) is 15.2 Å². The zero-order valence-electron chi connectivity index (χ0n) is 6.71. The summed E-state index contributed by atoms with van der Waals surface area (Å²) in [4.78, 5) is 3.64. The van der Waals surface area contributed by atoms with Gasteiger partial charge >= 0.3 is 6.18 Å². The fourth-order valence-corrected chi connectivity index (χ4v) is 1.03. The first-order chi connectivity index (χ1) is 6.57. The molecule has 0 aliphatic carbocycles. The Hall–Kier alpha value is -1.72. The highest BCUT2D eigenvalue weighted by atomic mass is 19.4. The number of rotatable bonds is 0. The second-order valence-electron chi connectivity index (χ2n) is 2.61. The lowest BCUT2D eigenvalue weighted by Gasteiger charge is -2.05. The van der Waals surface area contributed by atoms with Crippen LogP contribution in [0.25, 0.3) is 11.0 Å². The van der Waals surface area contributed by atoms with Gasteiger partial charge in [-0.3, -0.25) is 0 Å². The molecule has 3 nitrogen and oxygen atoms in total. The van der Waals surface area contributed by atoms with E-state index in [2.05, 4.69) is 21.5 Å². The van der Waals surface area contributed by atoms with E-state index in [-0.39, 0.29) is 5.52 Å². The quantitative estimate of drug-likeness (QED) is 0.648. The SMILES string of the molecule is FC(F)(F)c1ccc2n[c]nnc2c1. The Labute approximate surface area is 76.6 Å². The Balaban J connectivity index is 2.63. The zero-order valence-corrected chi connectivity index (χ0v) is 6.71. The molecule has 71 valence electrons. The van der Waals surface area contributed by atoms with Crippen molar-refractivity contribution in [1.82, 2.24) is 15.2 Å². The Morgan fingerprint density at radius 3 is 2.64 bits per heavy atom. The number of benzene rings is 1. The first-order valence-electron chi connectivity index (χ1n) is 3.65. The maximum Gasteiger partial charge on any atom is 0.416 e. The Morgan fingerprint density at radius 2 is 1.93 bits per heavy atom. The minimum Gasteiger partial charge on any atom is -0.222 e. The van der Waals surface area contributed by atoms with Crippen LogP contribution >= 0.6 is 0 Å². The summed E-state index contributed by atoms with van der Waals surface area (Å²) < 4.78 is 36.7. The molecule has 0 unspecified atom stereocenters. The van der Waals surface area contributed by atoms with Crippen LogP contribution in [0.1, 0.15) is 5.56 Å². The number of fused-ring (bicyclic) bond motifs is 1. The summed E-state index contributed by atoms with van der Waals surface area (Å²) in [6.07, 6.45) is -2.16. The summed E-state index contributed by atoms with van der Waals surface area (Å²) in [5.41, 5.74) is -0.307. The summed E-state index contributed by atoms with van der Waals surface area (Å²) in [5, 5.41) is 6.77. The molecule has 1 heterocycles. The normalized spacial score (nSPS) is 11.9. The van der Waals surface area contributed by atoms with Gasteiger partial charge in [0.25, 0.3) is 0 Å². The van der Waals surface area contributed by atoms with Crippen molar-refractivity contribution in [3.8, 4) is 0 Å². The molecule has 0 bridgehead atoms. The summed E-state index contributed by atoms with van der Waals surface area (Å²) in [6, 6.07) is 3.09. The molecule has 0 aliphatic rings. The number of hydrogen-bond donors (Lipinski definition) is 0. The van der Waals surface area contributed by atoms with E-state index in [0.717, 1.165) is 12.1 Å². The average Bonchev–Trinajstić information content (AvgIpc) is 2.16. The van der Waals surface area contributed by atoms with Crippen LogP contribution in [0.3, 0.4) is 0 Å². The number of halogens is 3. The van der Waals surface area contributed by atoms with Crippen LogP contribution in [-0.2, 0) is 6.18 Å². The molecule has 1 aromatic heterocycles. The Kier molecular flexibility index (Phi) is 1.83. The van der Waals surface area contributed by atoms with Crippen LogP contribution in [0.15, 0.2) is 18.2 Å². The van der Waals surface area contributed by atoms with E-state index < -0.39 is 11.7 Å². The van der Waals surface area contributed by atoms with E-state index in [9.17, 15) is 13.2 Å². The fraction of sp³-hybridized carbons (Fsp3) is 0.125. The topological polar surface area (TPSA) is 38.7 Å². The fourth-order valence-electron chi connectivity index (χ4n) is 1.03. The molecule has 0 spiro atoms. The molecule has 0 N–H and O–H groups in total. The average molecular weight is 198 g/mol. The van der Waals surface area contributed by atoms with Gasteiger partial charge in [-0.2, -0.15) is 13.2 Å². The highest BCUT2D eigenvalue weighted by molar-refractivity contribution is 5.73. The molecule has 0 saturated heterocycles. The van der Waals surface area contributed by atoms with Crippen LogP contribution < -0.4 is 0 Å². The van der Waals surface area contributed by atoms with Gasteiger partial charge in [-0.1, -0.05) is 0 Å². The van der Waals surface area contributed by atoms with E-state index in [1.165, 1.54) is 6.07 Å². The van der Waals surface area contributed by atoms with E-state index in [1.54, 1.807) is 0 Å². The lowest BCUT2D eigenvalue weighted by Crippen LogP contribution is -2.04. The van der Waals surface area contributed by atoms with Gasteiger partial charge in [-0.25, -0.2) is 4.98 Å². The molecule has 0 aliphatic heterocycles. The van der Waals surface area contributed by atoms with Gasteiger partial charge in [0.05, 0.1) is 11.1 Å². The van der Waals surface area contributed by atoms with Crippen molar-refractivity contribution in [2.75, 3.05) is 0 Å². The second kappa shape index (κ2) is 2.90. The second-order valence-corrected chi connectivity index (χ2v) is 2.61. The highest BCUT2D eigenvalue weighted by Gasteiger charge is 2.30. The molecule has 2 aromatic rings. The van der Waals surface area contributed by atoms with Crippen LogP contribution in [0.2, 0.25) is 0 Å². The van der Waals surface area contributed by atoms with E-state index >= 15 is 0 Å². The number of aromatic nitrogens is 3. The van der Waals surface area contributed by atoms with Crippen molar-refractivity contribution in [3.05, 3.63) is 30.1 Å². The third kappa shape index (κ3) is 1.50. The number of nitrogens with zero attached hydrogens (tertiary/aromatic N) is 3. The van der Waals surface area contributed by atoms with Gasteiger partial charge in [0.15, 0.2) is 0 Å². The van der Waals surface area contributed by atoms with E-state index in [4.69, 9.17) is 0 Å². The van der Waals surface area contributed by atoms with Crippen LogP contribution in [0, 0.1) is 6.33 Å². The Bertz CT molecular complexity index is 467. The van der Waals surface area contributed by atoms with Gasteiger partial charge in [0.1, 0.15) is 5.52 Å². The number of hydrogen-bond acceptors (Lipinski definition) is 3. The van der Waals surface area contributed by atoms with Crippen molar-refractivity contribution in [1.29, 1.82) is 0 Å². The predicted molar refractivity (Wildman–Crippen MR) is 41.2 cm³/mol. The summed E-state index contributed by atoms with van der Waals surface area (Å²) in [6.45, 7) is 0. The van der Waals surface area contributed by atoms with E-state index in [0.29, 0.717) is 5.52 Å². The Morgan fingerprint density at radius 1 is 1.14 bits per heavy atom. The van der Waals surface area contributed by atoms with Crippen molar-refractivity contribution < 1.29 is 13.2 Å². The van der Waals surface area contributed by atoms with Crippen LogP contribution in [0.5, 0.6) is 0 Å². The molecule has 2 rings (SSSR count). The van der Waals surface area contributed by atoms with Gasteiger partial charge in [-0.05, 0) is 18.2 Å². The monoisotopic (exact) mass is 198 g/mol. The molecule has 0 amide bonds. The van der Waals surface area contributed by atoms with Gasteiger partial charge in [-0.15, -0.1) is 10.2 Å². The molecule has 0 atom stereocenters. The van der Waals surface area contributed by atoms with Crippen molar-refractivity contribution >= 4 is 11.0 Å². The molecular formula is C8H3F3N3. The van der Waals surface area contributed by atoms with E-state index in [1.807, 2.05) is 0 Å². The molecule has 14 heavy (non-hydrogen) atoms. The maximum absolute atomic E-state index is 12.2. The van der Waals surface area contributed by atoms with Crippen molar-refractivity contribution in [3.63, 3.8) is 0 Å². The third-order valence-electron chi connectivity index (χ3n) is 1.68. The summed E-state index contributed by atoms with van der Waals surface area (Å²) >= 11 is 0. The minimum absolute atomic E-state index is 0.110. The summed E-state index contributed by atoms with van der Waals surface area (Å²) in [5.74, 6) is 0. The largest absolute Gasteiger partial charge is 0.416 e. The standard InChI is InChI=1S/C8H3F3N3/c9-8(10,11)5-1-2-6-7(3-5)14-13-4-12-6/h1-3H. The molecule has 0 fully saturated rings. The van der Waals surface area contributed by atoms with Crippen LogP contribution in [0.4, 0.5) is 13.2 Å². The summed E-state index contributed by atoms with van der Waals surface area (Å²) in [7, 11) is 0. The first-order valence-corrected chi connectivity index (χ1v) is 3.65. The van der Waals surface area contributed by atoms with Crippen molar-refractivity contribution in [2.24, 2.45) is 0 Å². The lowest BCUT2D eigenvalue weighted by atomic mass is 10.2. The molecule has 6 heteroatoms. The smallest absolute Gasteiger partial charge is 0.222 e. The van der Waals surface area contributed by atoms with Gasteiger partial charge < -0.3 is 0 Å². The van der Waals surface area contributed by atoms with Gasteiger partial charge in [0, 0.05) is 0 Å². The molecule has 1 radical (unpaired) electrons. The lowest BCUT2D eigenvalue weighted by molar-refractivity contribution is -0.137.